The van der Waals surface area contributed by atoms with Crippen LogP contribution >= 0.6 is 11.3 Å². The molecule has 0 amide bonds. The van der Waals surface area contributed by atoms with Crippen LogP contribution < -0.4 is 0 Å². The lowest BCUT2D eigenvalue weighted by atomic mass is 10.2. The summed E-state index contributed by atoms with van der Waals surface area (Å²) in [5.74, 6) is 0. The Labute approximate surface area is 98.1 Å². The van der Waals surface area contributed by atoms with Crippen LogP contribution in [-0.4, -0.2) is 13.0 Å². The third-order valence-corrected chi connectivity index (χ3v) is 4.92. The van der Waals surface area contributed by atoms with E-state index in [-0.39, 0.29) is 4.21 Å². The molecule has 1 aromatic carbocycles. The van der Waals surface area contributed by atoms with Crippen molar-refractivity contribution in [2.24, 2.45) is 0 Å². The van der Waals surface area contributed by atoms with Crippen molar-refractivity contribution in [2.45, 2.75) is 11.1 Å². The van der Waals surface area contributed by atoms with Crippen molar-refractivity contribution < 1.29 is 13.0 Å². The third-order valence-electron chi connectivity index (χ3n) is 2.16. The summed E-state index contributed by atoms with van der Waals surface area (Å²) < 4.78 is 31.2. The zero-order chi connectivity index (χ0) is 11.8. The van der Waals surface area contributed by atoms with E-state index < -0.39 is 10.1 Å². The van der Waals surface area contributed by atoms with Crippen LogP contribution in [0.4, 0.5) is 0 Å². The van der Waals surface area contributed by atoms with Gasteiger partial charge in [-0.05, 0) is 24.1 Å². The molecule has 5 heteroatoms. The molecule has 0 aliphatic carbocycles. The van der Waals surface area contributed by atoms with Gasteiger partial charge in [0.25, 0.3) is 0 Å². The average Bonchev–Trinajstić information content (AvgIpc) is 2.61. The molecule has 0 spiro atoms. The minimum Gasteiger partial charge on any atom is -0.281 e. The van der Waals surface area contributed by atoms with E-state index in [1.54, 1.807) is 13.0 Å². The maximum atomic E-state index is 11.1. The van der Waals surface area contributed by atoms with E-state index in [0.717, 1.165) is 21.8 Å². The van der Waals surface area contributed by atoms with E-state index in [1.807, 2.05) is 30.3 Å². The minimum absolute atomic E-state index is 0.0198. The molecule has 84 valence electrons. The number of rotatable bonds is 2. The summed E-state index contributed by atoms with van der Waals surface area (Å²) in [7, 11) is -4.10. The molecule has 2 rings (SSSR count). The summed E-state index contributed by atoms with van der Waals surface area (Å²) in [6, 6.07) is 11.2. The molecule has 0 fully saturated rings. The first-order chi connectivity index (χ1) is 7.48. The van der Waals surface area contributed by atoms with E-state index in [4.69, 9.17) is 4.55 Å². The Morgan fingerprint density at radius 2 is 1.81 bits per heavy atom. The lowest BCUT2D eigenvalue weighted by Gasteiger charge is -1.94. The highest BCUT2D eigenvalue weighted by molar-refractivity contribution is 7.88. The molecule has 0 aliphatic heterocycles. The van der Waals surface area contributed by atoms with Crippen LogP contribution in [0.3, 0.4) is 0 Å². The number of hydrogen-bond donors (Lipinski definition) is 1. The highest BCUT2D eigenvalue weighted by Crippen LogP contribution is 2.33. The molecule has 1 aromatic heterocycles. The van der Waals surface area contributed by atoms with Crippen molar-refractivity contribution >= 4 is 21.5 Å². The van der Waals surface area contributed by atoms with Crippen molar-refractivity contribution in [1.29, 1.82) is 0 Å². The van der Waals surface area contributed by atoms with Crippen LogP contribution in [0.2, 0.25) is 0 Å². The molecule has 16 heavy (non-hydrogen) atoms. The lowest BCUT2D eigenvalue weighted by molar-refractivity contribution is 0.485. The largest absolute Gasteiger partial charge is 0.304 e. The van der Waals surface area contributed by atoms with Gasteiger partial charge >= 0.3 is 10.1 Å². The molecule has 2 aromatic rings. The molecule has 3 nitrogen and oxygen atoms in total. The zero-order valence-electron chi connectivity index (χ0n) is 8.54. The number of thiophene rings is 1. The van der Waals surface area contributed by atoms with Gasteiger partial charge in [0.1, 0.15) is 4.21 Å². The van der Waals surface area contributed by atoms with Gasteiger partial charge in [0.2, 0.25) is 0 Å². The Bertz CT molecular complexity index is 597. The smallest absolute Gasteiger partial charge is 0.281 e. The van der Waals surface area contributed by atoms with Gasteiger partial charge in [0, 0.05) is 4.88 Å². The standard InChI is InChI=1S/C11H10O3S2/c1-8-7-10(9-5-3-2-4-6-9)15-11(8)16(12,13)14/h2-7H,1H3,(H,12,13,14). The maximum Gasteiger partial charge on any atom is 0.304 e. The zero-order valence-corrected chi connectivity index (χ0v) is 10.2. The molecule has 1 heterocycles. The number of hydrogen-bond acceptors (Lipinski definition) is 3. The number of aryl methyl sites for hydroxylation is 1. The number of benzene rings is 1. The fourth-order valence-electron chi connectivity index (χ4n) is 1.47. The van der Waals surface area contributed by atoms with Gasteiger partial charge in [-0.25, -0.2) is 0 Å². The van der Waals surface area contributed by atoms with Gasteiger partial charge in [-0.2, -0.15) is 8.42 Å². The maximum absolute atomic E-state index is 11.1. The second kappa shape index (κ2) is 4.01. The fraction of sp³-hybridized carbons (Fsp3) is 0.0909. The van der Waals surface area contributed by atoms with E-state index in [1.165, 1.54) is 0 Å². The summed E-state index contributed by atoms with van der Waals surface area (Å²) in [6.45, 7) is 1.67. The quantitative estimate of drug-likeness (QED) is 0.838. The van der Waals surface area contributed by atoms with Gasteiger partial charge in [-0.1, -0.05) is 30.3 Å². The van der Waals surface area contributed by atoms with Crippen LogP contribution in [0.15, 0.2) is 40.6 Å². The van der Waals surface area contributed by atoms with Crippen LogP contribution in [-0.2, 0) is 10.1 Å². The molecule has 0 atom stereocenters. The highest BCUT2D eigenvalue weighted by atomic mass is 32.3. The molecule has 0 saturated carbocycles. The Morgan fingerprint density at radius 1 is 1.19 bits per heavy atom. The SMILES string of the molecule is Cc1cc(-c2ccccc2)sc1S(=O)(=O)O. The Balaban J connectivity index is 2.55. The monoisotopic (exact) mass is 254 g/mol. The van der Waals surface area contributed by atoms with Gasteiger partial charge in [-0.3, -0.25) is 4.55 Å². The normalized spacial score (nSPS) is 11.6. The van der Waals surface area contributed by atoms with Crippen LogP contribution in [0.5, 0.6) is 0 Å². The van der Waals surface area contributed by atoms with Gasteiger partial charge < -0.3 is 0 Å². The van der Waals surface area contributed by atoms with Crippen molar-refractivity contribution in [1.82, 2.24) is 0 Å². The molecule has 0 bridgehead atoms. The predicted octanol–water partition coefficient (Wildman–Crippen LogP) is 2.97. The van der Waals surface area contributed by atoms with E-state index in [9.17, 15) is 8.42 Å². The topological polar surface area (TPSA) is 54.4 Å². The summed E-state index contributed by atoms with van der Waals surface area (Å²) in [5.41, 5.74) is 1.52. The van der Waals surface area contributed by atoms with Gasteiger partial charge in [-0.15, -0.1) is 11.3 Å². The first-order valence-corrected chi connectivity index (χ1v) is 6.87. The molecular weight excluding hydrogens is 244 g/mol. The summed E-state index contributed by atoms with van der Waals surface area (Å²) >= 11 is 1.08. The minimum atomic E-state index is -4.10. The first-order valence-electron chi connectivity index (χ1n) is 4.62. The predicted molar refractivity (Wildman–Crippen MR) is 64.3 cm³/mol. The van der Waals surface area contributed by atoms with Crippen LogP contribution in [0.25, 0.3) is 10.4 Å². The molecule has 0 unspecified atom stereocenters. The molecular formula is C11H10O3S2. The lowest BCUT2D eigenvalue weighted by Crippen LogP contribution is -1.95. The summed E-state index contributed by atoms with van der Waals surface area (Å²) in [5, 5.41) is 0. The third kappa shape index (κ3) is 2.16. The van der Waals surface area contributed by atoms with Gasteiger partial charge in [0.05, 0.1) is 0 Å². The molecule has 0 radical (unpaired) electrons. The second-order valence-corrected chi connectivity index (χ2v) is 6.09. The van der Waals surface area contributed by atoms with Crippen molar-refractivity contribution in [3.63, 3.8) is 0 Å². The van der Waals surface area contributed by atoms with E-state index in [2.05, 4.69) is 0 Å². The Hall–Kier alpha value is -1.17. The van der Waals surface area contributed by atoms with Crippen molar-refractivity contribution in [3.8, 4) is 10.4 Å². The van der Waals surface area contributed by atoms with Crippen molar-refractivity contribution in [3.05, 3.63) is 42.0 Å². The Kier molecular flexibility index (Phi) is 2.84. The first kappa shape index (κ1) is 11.3. The van der Waals surface area contributed by atoms with Crippen LogP contribution in [0, 0.1) is 6.92 Å². The Morgan fingerprint density at radius 3 is 2.31 bits per heavy atom. The summed E-state index contributed by atoms with van der Waals surface area (Å²) in [6.07, 6.45) is 0. The van der Waals surface area contributed by atoms with Gasteiger partial charge in [0.15, 0.2) is 0 Å². The summed E-state index contributed by atoms with van der Waals surface area (Å²) in [4.78, 5) is 0.839. The van der Waals surface area contributed by atoms with E-state index >= 15 is 0 Å². The van der Waals surface area contributed by atoms with Crippen LogP contribution in [0.1, 0.15) is 5.56 Å². The van der Waals surface area contributed by atoms with Crippen molar-refractivity contribution in [2.75, 3.05) is 0 Å². The fourth-order valence-corrected chi connectivity index (χ4v) is 3.53. The average molecular weight is 254 g/mol. The second-order valence-electron chi connectivity index (χ2n) is 3.42. The highest BCUT2D eigenvalue weighted by Gasteiger charge is 2.17. The molecule has 1 N–H and O–H groups in total. The molecule has 0 aliphatic rings. The van der Waals surface area contributed by atoms with E-state index in [0.29, 0.717) is 5.56 Å². The molecule has 0 saturated heterocycles.